The van der Waals surface area contributed by atoms with Crippen molar-refractivity contribution in [3.63, 3.8) is 0 Å². The van der Waals surface area contributed by atoms with Gasteiger partial charge in [0.2, 0.25) is 5.71 Å². The predicted molar refractivity (Wildman–Crippen MR) is 59.4 cm³/mol. The number of hydrogen-bond acceptors (Lipinski definition) is 2. The molecule has 2 aromatic heterocycles. The highest BCUT2D eigenvalue weighted by Gasteiger charge is 2.01. The van der Waals surface area contributed by atoms with Crippen LogP contribution in [0.25, 0.3) is 22.4 Å². The predicted octanol–water partition coefficient (Wildman–Crippen LogP) is 3.49. The van der Waals surface area contributed by atoms with E-state index in [-0.39, 0.29) is 0 Å². The fourth-order valence-electron chi connectivity index (χ4n) is 1.61. The lowest BCUT2D eigenvalue weighted by molar-refractivity contribution is 0.603. The molecule has 0 fully saturated rings. The lowest BCUT2D eigenvalue weighted by atomic mass is 10.1. The lowest BCUT2D eigenvalue weighted by Crippen LogP contribution is -1.81. The van der Waals surface area contributed by atoms with Crippen molar-refractivity contribution in [2.75, 3.05) is 0 Å². The summed E-state index contributed by atoms with van der Waals surface area (Å²) in [5, 5.41) is 1.04. The van der Waals surface area contributed by atoms with E-state index in [9.17, 15) is 0 Å². The van der Waals surface area contributed by atoms with Crippen molar-refractivity contribution < 1.29 is 4.42 Å². The quantitative estimate of drug-likeness (QED) is 0.594. The van der Waals surface area contributed by atoms with Gasteiger partial charge in [0.15, 0.2) is 0 Å². The Hall–Kier alpha value is -2.09. The zero-order chi connectivity index (χ0) is 10.1. The van der Waals surface area contributed by atoms with Crippen molar-refractivity contribution in [2.45, 2.75) is 0 Å². The molecule has 0 spiro atoms. The van der Waals surface area contributed by atoms with Crippen LogP contribution in [0, 0.1) is 0 Å². The number of fused-ring (bicyclic) bond motifs is 1. The first-order valence-corrected chi connectivity index (χ1v) is 4.83. The van der Waals surface area contributed by atoms with Gasteiger partial charge in [-0.25, -0.2) is 4.98 Å². The third kappa shape index (κ3) is 1.40. The van der Waals surface area contributed by atoms with Gasteiger partial charge in [0.1, 0.15) is 0 Å². The van der Waals surface area contributed by atoms with Gasteiger partial charge >= 0.3 is 0 Å². The average molecular weight is 195 g/mol. The van der Waals surface area contributed by atoms with Gasteiger partial charge in [0, 0.05) is 10.9 Å². The smallest absolute Gasteiger partial charge is 0.226 e. The molecule has 0 saturated carbocycles. The Morgan fingerprint density at radius 3 is 2.60 bits per heavy atom. The van der Waals surface area contributed by atoms with E-state index in [4.69, 9.17) is 4.42 Å². The van der Waals surface area contributed by atoms with Gasteiger partial charge in [-0.05, 0) is 18.2 Å². The first kappa shape index (κ1) is 8.24. The normalized spacial score (nSPS) is 10.7. The van der Waals surface area contributed by atoms with Gasteiger partial charge in [0.05, 0.1) is 12.0 Å². The van der Waals surface area contributed by atoms with Crippen molar-refractivity contribution in [3.05, 3.63) is 54.8 Å². The molecule has 3 aromatic rings. The number of pyridine rings is 1. The zero-order valence-electron chi connectivity index (χ0n) is 8.05. The Balaban J connectivity index is 2.19. The minimum Gasteiger partial charge on any atom is -0.446 e. The minimum atomic E-state index is 0.691. The number of aromatic nitrogens is 1. The summed E-state index contributed by atoms with van der Waals surface area (Å²) in [6.07, 6.45) is 1.66. The highest BCUT2D eigenvalue weighted by atomic mass is 16.3. The van der Waals surface area contributed by atoms with Crippen LogP contribution < -0.4 is 0 Å². The largest absolute Gasteiger partial charge is 0.446 e. The number of hydrogen-bond donors (Lipinski definition) is 0. The second kappa shape index (κ2) is 3.24. The van der Waals surface area contributed by atoms with Crippen LogP contribution in [-0.4, -0.2) is 4.98 Å². The van der Waals surface area contributed by atoms with E-state index in [0.29, 0.717) is 5.71 Å². The summed E-state index contributed by atoms with van der Waals surface area (Å²) in [4.78, 5) is 4.44. The van der Waals surface area contributed by atoms with Crippen molar-refractivity contribution in [2.24, 2.45) is 0 Å². The zero-order valence-corrected chi connectivity index (χ0v) is 8.05. The monoisotopic (exact) mass is 195 g/mol. The lowest BCUT2D eigenvalue weighted by Gasteiger charge is -1.99. The van der Waals surface area contributed by atoms with Crippen molar-refractivity contribution in [1.82, 2.24) is 4.98 Å². The molecular weight excluding hydrogens is 186 g/mol. The number of furan rings is 1. The van der Waals surface area contributed by atoms with Crippen LogP contribution in [0.5, 0.6) is 0 Å². The van der Waals surface area contributed by atoms with Gasteiger partial charge in [-0.1, -0.05) is 30.3 Å². The van der Waals surface area contributed by atoms with E-state index >= 15 is 0 Å². The number of nitrogens with zero attached hydrogens (tertiary/aromatic N) is 1. The summed E-state index contributed by atoms with van der Waals surface area (Å²) < 4.78 is 5.27. The van der Waals surface area contributed by atoms with Crippen molar-refractivity contribution in [1.29, 1.82) is 0 Å². The molecule has 0 radical (unpaired) electrons. The molecule has 15 heavy (non-hydrogen) atoms. The molecule has 2 heterocycles. The molecule has 3 rings (SSSR count). The SMILES string of the molecule is c1ccc(-c2ccc3ccoc3n2)cc1. The first-order chi connectivity index (χ1) is 7.43. The maximum absolute atomic E-state index is 5.27. The van der Waals surface area contributed by atoms with Gasteiger partial charge < -0.3 is 4.42 Å². The van der Waals surface area contributed by atoms with Crippen LogP contribution >= 0.6 is 0 Å². The first-order valence-electron chi connectivity index (χ1n) is 4.83. The highest BCUT2D eigenvalue weighted by Crippen LogP contribution is 2.20. The Kier molecular flexibility index (Phi) is 1.78. The Morgan fingerprint density at radius 1 is 0.867 bits per heavy atom. The van der Waals surface area contributed by atoms with Crippen molar-refractivity contribution in [3.8, 4) is 11.3 Å². The summed E-state index contributed by atoms with van der Waals surface area (Å²) in [6, 6.07) is 16.0. The van der Waals surface area contributed by atoms with Gasteiger partial charge in [-0.3, -0.25) is 0 Å². The third-order valence-corrected chi connectivity index (χ3v) is 2.39. The summed E-state index contributed by atoms with van der Waals surface area (Å²) in [7, 11) is 0. The molecule has 0 aliphatic carbocycles. The van der Waals surface area contributed by atoms with E-state index in [1.54, 1.807) is 6.26 Å². The maximum Gasteiger partial charge on any atom is 0.226 e. The molecule has 0 unspecified atom stereocenters. The maximum atomic E-state index is 5.27. The average Bonchev–Trinajstić information content (AvgIpc) is 2.77. The minimum absolute atomic E-state index is 0.691. The highest BCUT2D eigenvalue weighted by molar-refractivity contribution is 5.76. The molecule has 0 N–H and O–H groups in total. The molecule has 72 valence electrons. The van der Waals surface area contributed by atoms with Gasteiger partial charge in [-0.15, -0.1) is 0 Å². The number of benzene rings is 1. The Bertz CT molecular complexity index is 584. The van der Waals surface area contributed by atoms with E-state index < -0.39 is 0 Å². The summed E-state index contributed by atoms with van der Waals surface area (Å²) >= 11 is 0. The summed E-state index contributed by atoms with van der Waals surface area (Å²) in [6.45, 7) is 0. The Morgan fingerprint density at radius 2 is 1.73 bits per heavy atom. The molecule has 0 aliphatic rings. The van der Waals surface area contributed by atoms with Crippen LogP contribution in [0.15, 0.2) is 59.2 Å². The Labute approximate surface area is 87.2 Å². The molecule has 0 amide bonds. The van der Waals surface area contributed by atoms with Gasteiger partial charge in [0.25, 0.3) is 0 Å². The second-order valence-electron chi connectivity index (χ2n) is 3.38. The molecule has 2 heteroatoms. The topological polar surface area (TPSA) is 26.0 Å². The van der Waals surface area contributed by atoms with Crippen LogP contribution in [-0.2, 0) is 0 Å². The fraction of sp³-hybridized carbons (Fsp3) is 0. The number of rotatable bonds is 1. The van der Waals surface area contributed by atoms with Crippen LogP contribution in [0.4, 0.5) is 0 Å². The summed E-state index contributed by atoms with van der Waals surface area (Å²) in [5.74, 6) is 0. The third-order valence-electron chi connectivity index (χ3n) is 2.39. The molecule has 0 aliphatic heterocycles. The van der Waals surface area contributed by atoms with Crippen molar-refractivity contribution >= 4 is 11.1 Å². The molecule has 1 aromatic carbocycles. The van der Waals surface area contributed by atoms with Crippen LogP contribution in [0.3, 0.4) is 0 Å². The molecule has 0 saturated heterocycles. The van der Waals surface area contributed by atoms with Gasteiger partial charge in [-0.2, -0.15) is 0 Å². The van der Waals surface area contributed by atoms with E-state index in [0.717, 1.165) is 16.6 Å². The second-order valence-corrected chi connectivity index (χ2v) is 3.38. The fourth-order valence-corrected chi connectivity index (χ4v) is 1.61. The molecule has 0 bridgehead atoms. The standard InChI is InChI=1S/C13H9NO/c1-2-4-10(5-3-1)12-7-6-11-8-9-15-13(11)14-12/h1-9H. The van der Waals surface area contributed by atoms with Crippen LogP contribution in [0.2, 0.25) is 0 Å². The molecule has 0 atom stereocenters. The van der Waals surface area contributed by atoms with Crippen LogP contribution in [0.1, 0.15) is 0 Å². The van der Waals surface area contributed by atoms with E-state index in [2.05, 4.69) is 4.98 Å². The molecule has 2 nitrogen and oxygen atoms in total. The van der Waals surface area contributed by atoms with E-state index in [1.165, 1.54) is 0 Å². The van der Waals surface area contributed by atoms with E-state index in [1.807, 2.05) is 48.5 Å². The summed E-state index contributed by atoms with van der Waals surface area (Å²) in [5.41, 5.74) is 2.74. The molecular formula is C13H9NO.